The van der Waals surface area contributed by atoms with Crippen molar-refractivity contribution in [3.8, 4) is 0 Å². The van der Waals surface area contributed by atoms with Crippen LogP contribution in [0.5, 0.6) is 0 Å². The maximum Gasteiger partial charge on any atom is 0.0713 e. The molecule has 2 heteroatoms. The summed E-state index contributed by atoms with van der Waals surface area (Å²) in [6.45, 7) is 6.15. The van der Waals surface area contributed by atoms with Crippen LogP contribution in [0.4, 0.5) is 0 Å². The minimum absolute atomic E-state index is 0.605. The van der Waals surface area contributed by atoms with E-state index in [-0.39, 0.29) is 0 Å². The quantitative estimate of drug-likeness (QED) is 0.744. The van der Waals surface area contributed by atoms with E-state index in [2.05, 4.69) is 43.4 Å². The molecular formula is C15H25NO. The molecule has 17 heavy (non-hydrogen) atoms. The molecule has 0 aromatic heterocycles. The molecule has 0 spiro atoms. The summed E-state index contributed by atoms with van der Waals surface area (Å²) < 4.78 is 5.09. The van der Waals surface area contributed by atoms with Gasteiger partial charge in [0.1, 0.15) is 0 Å². The molecule has 0 amide bonds. The van der Waals surface area contributed by atoms with Crippen molar-refractivity contribution in [2.45, 2.75) is 52.3 Å². The van der Waals surface area contributed by atoms with E-state index in [9.17, 15) is 0 Å². The fourth-order valence-corrected chi connectivity index (χ4v) is 1.82. The molecule has 1 rings (SSSR count). The van der Waals surface area contributed by atoms with Crippen molar-refractivity contribution < 1.29 is 4.74 Å². The van der Waals surface area contributed by atoms with Crippen molar-refractivity contribution in [1.29, 1.82) is 0 Å². The largest absolute Gasteiger partial charge is 0.380 e. The fraction of sp³-hybridized carbons (Fsp3) is 0.600. The predicted molar refractivity (Wildman–Crippen MR) is 73.0 cm³/mol. The summed E-state index contributed by atoms with van der Waals surface area (Å²) in [5.41, 5.74) is 2.57. The van der Waals surface area contributed by atoms with E-state index >= 15 is 0 Å². The van der Waals surface area contributed by atoms with Crippen molar-refractivity contribution in [3.05, 3.63) is 35.4 Å². The summed E-state index contributed by atoms with van der Waals surface area (Å²) in [5, 5.41) is 3.55. The van der Waals surface area contributed by atoms with Crippen LogP contribution in [0, 0.1) is 0 Å². The van der Waals surface area contributed by atoms with Crippen LogP contribution in [0.15, 0.2) is 24.3 Å². The van der Waals surface area contributed by atoms with E-state index in [1.165, 1.54) is 30.4 Å². The van der Waals surface area contributed by atoms with E-state index in [1.54, 1.807) is 7.11 Å². The van der Waals surface area contributed by atoms with Crippen LogP contribution >= 0.6 is 0 Å². The number of benzene rings is 1. The van der Waals surface area contributed by atoms with Gasteiger partial charge in [-0.2, -0.15) is 0 Å². The van der Waals surface area contributed by atoms with E-state index in [4.69, 9.17) is 4.74 Å². The zero-order valence-electron chi connectivity index (χ0n) is 11.3. The summed E-state index contributed by atoms with van der Waals surface area (Å²) in [6, 6.07) is 9.23. The lowest BCUT2D eigenvalue weighted by molar-refractivity contribution is 0.185. The first-order valence-corrected chi connectivity index (χ1v) is 6.56. The standard InChI is InChI=1S/C15H25NO/c1-4-5-6-13(2)16-11-14-7-9-15(10-8-14)12-17-3/h7-10,13,16H,4-6,11-12H2,1-3H3. The Morgan fingerprint density at radius 3 is 2.41 bits per heavy atom. The summed E-state index contributed by atoms with van der Waals surface area (Å²) in [5.74, 6) is 0. The Bertz CT molecular complexity index is 294. The molecule has 0 radical (unpaired) electrons. The summed E-state index contributed by atoms with van der Waals surface area (Å²) >= 11 is 0. The SMILES string of the molecule is CCCCC(C)NCc1ccc(COC)cc1. The van der Waals surface area contributed by atoms with Crippen molar-refractivity contribution >= 4 is 0 Å². The minimum Gasteiger partial charge on any atom is -0.380 e. The second-order valence-corrected chi connectivity index (χ2v) is 4.67. The third kappa shape index (κ3) is 5.85. The number of hydrogen-bond acceptors (Lipinski definition) is 2. The highest BCUT2D eigenvalue weighted by molar-refractivity contribution is 5.21. The Hall–Kier alpha value is -0.860. The second-order valence-electron chi connectivity index (χ2n) is 4.67. The Morgan fingerprint density at radius 2 is 1.82 bits per heavy atom. The lowest BCUT2D eigenvalue weighted by Gasteiger charge is -2.13. The highest BCUT2D eigenvalue weighted by Gasteiger charge is 2.00. The van der Waals surface area contributed by atoms with Gasteiger partial charge in [-0.3, -0.25) is 0 Å². The summed E-state index contributed by atoms with van der Waals surface area (Å²) in [6.07, 6.45) is 3.84. The molecule has 1 N–H and O–H groups in total. The molecule has 0 fully saturated rings. The molecule has 0 saturated heterocycles. The van der Waals surface area contributed by atoms with Gasteiger partial charge in [-0.05, 0) is 24.5 Å². The number of nitrogens with one attached hydrogen (secondary N) is 1. The zero-order chi connectivity index (χ0) is 12.5. The fourth-order valence-electron chi connectivity index (χ4n) is 1.82. The van der Waals surface area contributed by atoms with Crippen LogP contribution in [-0.2, 0) is 17.9 Å². The van der Waals surface area contributed by atoms with E-state index < -0.39 is 0 Å². The van der Waals surface area contributed by atoms with E-state index in [1.807, 2.05) is 0 Å². The number of ether oxygens (including phenoxy) is 1. The first-order chi connectivity index (χ1) is 8.26. The molecule has 1 aromatic rings. The van der Waals surface area contributed by atoms with Crippen LogP contribution in [0.1, 0.15) is 44.2 Å². The number of hydrogen-bond donors (Lipinski definition) is 1. The molecule has 1 atom stereocenters. The molecule has 96 valence electrons. The normalized spacial score (nSPS) is 12.6. The number of methoxy groups -OCH3 is 1. The van der Waals surface area contributed by atoms with Crippen molar-refractivity contribution in [2.75, 3.05) is 7.11 Å². The third-order valence-electron chi connectivity index (χ3n) is 2.98. The van der Waals surface area contributed by atoms with Gasteiger partial charge in [0.25, 0.3) is 0 Å². The molecule has 0 aliphatic heterocycles. The summed E-state index contributed by atoms with van der Waals surface area (Å²) in [4.78, 5) is 0. The van der Waals surface area contributed by atoms with Gasteiger partial charge in [-0.1, -0.05) is 44.0 Å². The van der Waals surface area contributed by atoms with Gasteiger partial charge < -0.3 is 10.1 Å². The maximum absolute atomic E-state index is 5.09. The van der Waals surface area contributed by atoms with Gasteiger partial charge in [0, 0.05) is 19.7 Å². The van der Waals surface area contributed by atoms with Crippen LogP contribution in [0.3, 0.4) is 0 Å². The lowest BCUT2D eigenvalue weighted by Crippen LogP contribution is -2.25. The maximum atomic E-state index is 5.09. The van der Waals surface area contributed by atoms with Crippen molar-refractivity contribution in [3.63, 3.8) is 0 Å². The smallest absolute Gasteiger partial charge is 0.0713 e. The molecule has 0 aliphatic carbocycles. The Balaban J connectivity index is 2.31. The average Bonchev–Trinajstić information content (AvgIpc) is 2.36. The van der Waals surface area contributed by atoms with Gasteiger partial charge in [-0.25, -0.2) is 0 Å². The average molecular weight is 235 g/mol. The van der Waals surface area contributed by atoms with Crippen molar-refractivity contribution in [2.24, 2.45) is 0 Å². The zero-order valence-corrected chi connectivity index (χ0v) is 11.3. The Labute approximate surface area is 105 Å². The van der Waals surface area contributed by atoms with Gasteiger partial charge in [0.05, 0.1) is 6.61 Å². The molecule has 0 saturated carbocycles. The van der Waals surface area contributed by atoms with E-state index in [0.717, 1.165) is 6.54 Å². The molecule has 0 heterocycles. The van der Waals surface area contributed by atoms with Gasteiger partial charge >= 0.3 is 0 Å². The second kappa shape index (κ2) is 8.26. The summed E-state index contributed by atoms with van der Waals surface area (Å²) in [7, 11) is 1.73. The molecular weight excluding hydrogens is 210 g/mol. The van der Waals surface area contributed by atoms with Crippen LogP contribution in [-0.4, -0.2) is 13.2 Å². The molecule has 0 aliphatic rings. The van der Waals surface area contributed by atoms with Gasteiger partial charge in [0.2, 0.25) is 0 Å². The lowest BCUT2D eigenvalue weighted by atomic mass is 10.1. The highest BCUT2D eigenvalue weighted by atomic mass is 16.5. The van der Waals surface area contributed by atoms with Gasteiger partial charge in [-0.15, -0.1) is 0 Å². The number of unbranched alkanes of at least 4 members (excludes halogenated alkanes) is 1. The molecule has 0 bridgehead atoms. The van der Waals surface area contributed by atoms with Crippen LogP contribution in [0.25, 0.3) is 0 Å². The monoisotopic (exact) mass is 235 g/mol. The van der Waals surface area contributed by atoms with Crippen molar-refractivity contribution in [1.82, 2.24) is 5.32 Å². The first-order valence-electron chi connectivity index (χ1n) is 6.56. The third-order valence-corrected chi connectivity index (χ3v) is 2.98. The van der Waals surface area contributed by atoms with Crippen LogP contribution in [0.2, 0.25) is 0 Å². The highest BCUT2D eigenvalue weighted by Crippen LogP contribution is 2.06. The minimum atomic E-state index is 0.605. The van der Waals surface area contributed by atoms with Crippen LogP contribution < -0.4 is 5.32 Å². The van der Waals surface area contributed by atoms with Gasteiger partial charge in [0.15, 0.2) is 0 Å². The first kappa shape index (κ1) is 14.2. The van der Waals surface area contributed by atoms with E-state index in [0.29, 0.717) is 12.6 Å². The Morgan fingerprint density at radius 1 is 1.18 bits per heavy atom. The Kier molecular flexibility index (Phi) is 6.90. The molecule has 2 nitrogen and oxygen atoms in total. The topological polar surface area (TPSA) is 21.3 Å². The molecule has 1 unspecified atom stereocenters. The predicted octanol–water partition coefficient (Wildman–Crippen LogP) is 3.50. The number of rotatable bonds is 8. The molecule has 1 aromatic carbocycles.